The van der Waals surface area contributed by atoms with Crippen LogP contribution in [-0.2, 0) is 0 Å². The highest BCUT2D eigenvalue weighted by atomic mass is 15.0. The molecule has 0 N–H and O–H groups in total. The van der Waals surface area contributed by atoms with Gasteiger partial charge in [-0.15, -0.1) is 0 Å². The van der Waals surface area contributed by atoms with E-state index in [9.17, 15) is 0 Å². The number of hydrogen-bond acceptors (Lipinski definition) is 3. The number of fused-ring (bicyclic) bond motifs is 6. The third-order valence-corrected chi connectivity index (χ3v) is 13.2. The second kappa shape index (κ2) is 16.4. The molecule has 0 aliphatic heterocycles. The van der Waals surface area contributed by atoms with Crippen LogP contribution in [0, 0.1) is 0 Å². The summed E-state index contributed by atoms with van der Waals surface area (Å²) in [6.45, 7) is 0. The molecule has 0 aliphatic carbocycles. The van der Waals surface area contributed by atoms with Gasteiger partial charge in [0.05, 0.1) is 22.1 Å². The Morgan fingerprint density at radius 1 is 0.206 bits per heavy atom. The summed E-state index contributed by atoms with van der Waals surface area (Å²) in [5.74, 6) is 1.92. The van der Waals surface area contributed by atoms with Crippen molar-refractivity contribution in [3.05, 3.63) is 249 Å². The molecule has 0 saturated carbocycles. The Balaban J connectivity index is 0.867. The van der Waals surface area contributed by atoms with Crippen LogP contribution in [0.3, 0.4) is 0 Å². The summed E-state index contributed by atoms with van der Waals surface area (Å²) in [5.41, 5.74) is 16.8. The van der Waals surface area contributed by atoms with Crippen LogP contribution >= 0.6 is 0 Å². The zero-order valence-corrected chi connectivity index (χ0v) is 36.9. The van der Waals surface area contributed by atoms with Gasteiger partial charge in [0.1, 0.15) is 0 Å². The Bertz CT molecular complexity index is 3910. The van der Waals surface area contributed by atoms with E-state index in [1.807, 2.05) is 60.7 Å². The molecule has 0 saturated heterocycles. The Labute approximate surface area is 393 Å². The predicted molar refractivity (Wildman–Crippen MR) is 281 cm³/mol. The summed E-state index contributed by atoms with van der Waals surface area (Å²) in [4.78, 5) is 14.9. The van der Waals surface area contributed by atoms with Crippen molar-refractivity contribution in [2.75, 3.05) is 0 Å². The lowest BCUT2D eigenvalue weighted by Crippen LogP contribution is -2.00. The Morgan fingerprint density at radius 3 is 1.06 bits per heavy atom. The highest BCUT2D eigenvalue weighted by molar-refractivity contribution is 6.12. The molecule has 13 aromatic rings. The van der Waals surface area contributed by atoms with Crippen LogP contribution in [0.15, 0.2) is 249 Å². The van der Waals surface area contributed by atoms with E-state index in [2.05, 4.69) is 197 Å². The minimum Gasteiger partial charge on any atom is -0.309 e. The van der Waals surface area contributed by atoms with Crippen molar-refractivity contribution in [1.29, 1.82) is 0 Å². The fraction of sp³-hybridized carbons (Fsp3) is 0. The van der Waals surface area contributed by atoms with Crippen LogP contribution in [0.5, 0.6) is 0 Å². The van der Waals surface area contributed by atoms with Gasteiger partial charge in [-0.3, -0.25) is 0 Å². The molecule has 0 amide bonds. The van der Waals surface area contributed by atoms with Crippen LogP contribution < -0.4 is 0 Å². The first-order valence-electron chi connectivity index (χ1n) is 23.0. The third-order valence-electron chi connectivity index (χ3n) is 13.2. The summed E-state index contributed by atoms with van der Waals surface area (Å²) < 4.78 is 4.77. The van der Waals surface area contributed by atoms with Crippen LogP contribution in [0.25, 0.3) is 123 Å². The fourth-order valence-corrected chi connectivity index (χ4v) is 9.84. The van der Waals surface area contributed by atoms with Crippen molar-refractivity contribution < 1.29 is 0 Å². The minimum atomic E-state index is 0.632. The molecule has 13 rings (SSSR count). The second-order valence-corrected chi connectivity index (χ2v) is 17.2. The average Bonchev–Trinajstić information content (AvgIpc) is 3.94. The quantitative estimate of drug-likeness (QED) is 0.153. The first-order valence-corrected chi connectivity index (χ1v) is 23.0. The lowest BCUT2D eigenvalue weighted by atomic mass is 10.00. The van der Waals surface area contributed by atoms with Crippen molar-refractivity contribution in [1.82, 2.24) is 24.1 Å². The minimum absolute atomic E-state index is 0.632. The van der Waals surface area contributed by atoms with Crippen molar-refractivity contribution in [3.63, 3.8) is 0 Å². The maximum Gasteiger partial charge on any atom is 0.164 e. The zero-order chi connectivity index (χ0) is 45.0. The maximum atomic E-state index is 4.99. The summed E-state index contributed by atoms with van der Waals surface area (Å²) in [6, 6.07) is 88.4. The maximum absolute atomic E-state index is 4.99. The average molecular weight is 868 g/mol. The summed E-state index contributed by atoms with van der Waals surface area (Å²) in [7, 11) is 0. The van der Waals surface area contributed by atoms with Crippen molar-refractivity contribution in [2.45, 2.75) is 0 Å². The largest absolute Gasteiger partial charge is 0.309 e. The van der Waals surface area contributed by atoms with Gasteiger partial charge in [0.25, 0.3) is 0 Å². The van der Waals surface area contributed by atoms with Gasteiger partial charge in [0.2, 0.25) is 0 Å². The number of hydrogen-bond donors (Lipinski definition) is 0. The number of aromatic nitrogens is 5. The van der Waals surface area contributed by atoms with Gasteiger partial charge >= 0.3 is 0 Å². The molecule has 5 nitrogen and oxygen atoms in total. The number of rotatable bonds is 8. The topological polar surface area (TPSA) is 48.5 Å². The van der Waals surface area contributed by atoms with Gasteiger partial charge in [0.15, 0.2) is 17.5 Å². The van der Waals surface area contributed by atoms with Gasteiger partial charge < -0.3 is 9.13 Å². The smallest absolute Gasteiger partial charge is 0.164 e. The van der Waals surface area contributed by atoms with Gasteiger partial charge in [-0.2, -0.15) is 0 Å². The van der Waals surface area contributed by atoms with Gasteiger partial charge in [-0.1, -0.05) is 182 Å². The van der Waals surface area contributed by atoms with E-state index in [-0.39, 0.29) is 0 Å². The first-order chi connectivity index (χ1) is 33.7. The molecular formula is C63H41N5. The standard InChI is InChI=1S/C63H41N5/c1-4-14-42(15-5-1)43-24-26-44(27-25-43)45-28-34-51(35-29-45)67-58-23-13-11-21-54(58)56-40-49(33-39-59(56)67)50-32-38-55-53-20-10-12-22-57(53)68(60(55)41-50)52-36-30-48(31-37-52)63-65-61(46-16-6-2-7-17-46)64-62(66-63)47-18-8-3-9-19-47/h1-41H. The third kappa shape index (κ3) is 6.84. The lowest BCUT2D eigenvalue weighted by Gasteiger charge is -2.12. The van der Waals surface area contributed by atoms with Crippen LogP contribution in [0.4, 0.5) is 0 Å². The molecule has 3 aromatic heterocycles. The molecule has 0 fully saturated rings. The Kier molecular flexibility index (Phi) is 9.43. The molecule has 68 heavy (non-hydrogen) atoms. The fourth-order valence-electron chi connectivity index (χ4n) is 9.84. The molecule has 0 spiro atoms. The lowest BCUT2D eigenvalue weighted by molar-refractivity contribution is 1.07. The van der Waals surface area contributed by atoms with Gasteiger partial charge in [-0.05, 0) is 100 Å². The molecule has 3 heterocycles. The van der Waals surface area contributed by atoms with E-state index in [0.29, 0.717) is 17.5 Å². The van der Waals surface area contributed by atoms with Crippen molar-refractivity contribution in [2.24, 2.45) is 0 Å². The second-order valence-electron chi connectivity index (χ2n) is 17.2. The summed E-state index contributed by atoms with van der Waals surface area (Å²) >= 11 is 0. The van der Waals surface area contributed by atoms with Gasteiger partial charge in [0, 0.05) is 49.6 Å². The normalized spacial score (nSPS) is 11.5. The molecule has 0 atom stereocenters. The van der Waals surface area contributed by atoms with E-state index < -0.39 is 0 Å². The Hall–Kier alpha value is -9.19. The Morgan fingerprint density at radius 2 is 0.529 bits per heavy atom. The molecule has 0 bridgehead atoms. The summed E-state index contributed by atoms with van der Waals surface area (Å²) in [5, 5.41) is 4.87. The zero-order valence-electron chi connectivity index (χ0n) is 36.9. The van der Waals surface area contributed by atoms with E-state index in [1.54, 1.807) is 0 Å². The van der Waals surface area contributed by atoms with E-state index >= 15 is 0 Å². The number of benzene rings is 10. The highest BCUT2D eigenvalue weighted by Gasteiger charge is 2.18. The van der Waals surface area contributed by atoms with Gasteiger partial charge in [-0.25, -0.2) is 15.0 Å². The SMILES string of the molecule is c1ccc(-c2ccc(-c3ccc(-n4c5ccccc5c5cc(-c6ccc7c8ccccc8n(-c8ccc(-c9nc(-c%10ccccc%10)nc(-c%10ccccc%10)n9)cc8)c7c6)ccc54)cc3)cc2)cc1. The monoisotopic (exact) mass is 867 g/mol. The number of nitrogens with zero attached hydrogens (tertiary/aromatic N) is 5. The first kappa shape index (κ1) is 39.2. The number of para-hydroxylation sites is 2. The van der Waals surface area contributed by atoms with E-state index in [0.717, 1.165) is 44.7 Å². The van der Waals surface area contributed by atoms with E-state index in [1.165, 1.54) is 60.4 Å². The molecule has 0 radical (unpaired) electrons. The predicted octanol–water partition coefficient (Wildman–Crippen LogP) is 16.1. The van der Waals surface area contributed by atoms with Crippen LogP contribution in [-0.4, -0.2) is 24.1 Å². The van der Waals surface area contributed by atoms with Crippen LogP contribution in [0.1, 0.15) is 0 Å². The van der Waals surface area contributed by atoms with Crippen LogP contribution in [0.2, 0.25) is 0 Å². The van der Waals surface area contributed by atoms with Crippen molar-refractivity contribution >= 4 is 43.6 Å². The molecule has 0 aliphatic rings. The van der Waals surface area contributed by atoms with Crippen molar-refractivity contribution in [3.8, 4) is 78.9 Å². The molecule has 5 heteroatoms. The molecule has 10 aromatic carbocycles. The molecule has 318 valence electrons. The summed E-state index contributed by atoms with van der Waals surface area (Å²) in [6.07, 6.45) is 0. The molecular weight excluding hydrogens is 827 g/mol. The van der Waals surface area contributed by atoms with E-state index in [4.69, 9.17) is 15.0 Å². The highest BCUT2D eigenvalue weighted by Crippen LogP contribution is 2.39. The molecule has 0 unspecified atom stereocenters.